The highest BCUT2D eigenvalue weighted by molar-refractivity contribution is 7.13. The van der Waals surface area contributed by atoms with E-state index < -0.39 is 11.7 Å². The minimum Gasteiger partial charge on any atom is -0.444 e. The van der Waals surface area contributed by atoms with Gasteiger partial charge in [0.2, 0.25) is 11.8 Å². The van der Waals surface area contributed by atoms with Crippen molar-refractivity contribution < 1.29 is 33.3 Å². The van der Waals surface area contributed by atoms with Gasteiger partial charge in [-0.1, -0.05) is 29.3 Å². The van der Waals surface area contributed by atoms with Crippen molar-refractivity contribution in [3.8, 4) is 10.6 Å². The number of carbonyl (C=O) groups is 3. The molecule has 0 unspecified atom stereocenters. The second-order valence-corrected chi connectivity index (χ2v) is 11.0. The number of hydrogen-bond donors (Lipinski definition) is 3. The molecule has 11 nitrogen and oxygen atoms in total. The maximum absolute atomic E-state index is 12.2. The van der Waals surface area contributed by atoms with Gasteiger partial charge in [-0.15, -0.1) is 11.3 Å². The van der Waals surface area contributed by atoms with Crippen LogP contribution in [0.25, 0.3) is 10.6 Å². The summed E-state index contributed by atoms with van der Waals surface area (Å²) in [6.07, 6.45) is 0.216. The van der Waals surface area contributed by atoms with E-state index in [1.54, 1.807) is 38.3 Å². The molecule has 3 N–H and O–H groups in total. The van der Waals surface area contributed by atoms with Crippen molar-refractivity contribution in [2.24, 2.45) is 0 Å². The van der Waals surface area contributed by atoms with E-state index in [0.29, 0.717) is 66.8 Å². The number of nitrogens with one attached hydrogen (secondary N) is 3. The SMILES string of the molecule is CC(C)(C)OC(=O)NCCOCCOCCOCC(=O)NCCCC(=O)Nc1csc(-c2ccc(Cl)c(Cl)c2)n1. The average molecular weight is 620 g/mol. The molecule has 2 rings (SSSR count). The Morgan fingerprint density at radius 1 is 0.900 bits per heavy atom. The van der Waals surface area contributed by atoms with Gasteiger partial charge in [0.05, 0.1) is 43.1 Å². The second-order valence-electron chi connectivity index (χ2n) is 9.37. The predicted molar refractivity (Wildman–Crippen MR) is 155 cm³/mol. The van der Waals surface area contributed by atoms with Crippen LogP contribution in [0.4, 0.5) is 10.6 Å². The van der Waals surface area contributed by atoms with E-state index in [4.69, 9.17) is 42.1 Å². The number of amides is 3. The summed E-state index contributed by atoms with van der Waals surface area (Å²) in [5.41, 5.74) is 0.275. The smallest absolute Gasteiger partial charge is 0.407 e. The first-order valence-electron chi connectivity index (χ1n) is 12.7. The first kappa shape index (κ1) is 33.7. The van der Waals surface area contributed by atoms with Crippen LogP contribution in [0.3, 0.4) is 0 Å². The number of aromatic nitrogens is 1. The molecule has 0 aliphatic carbocycles. The van der Waals surface area contributed by atoms with Crippen molar-refractivity contribution in [2.75, 3.05) is 58.0 Å². The monoisotopic (exact) mass is 618 g/mol. The number of ether oxygens (including phenoxy) is 4. The van der Waals surface area contributed by atoms with E-state index in [1.165, 1.54) is 11.3 Å². The largest absolute Gasteiger partial charge is 0.444 e. The molecule has 0 bridgehead atoms. The average Bonchev–Trinajstić information content (AvgIpc) is 3.34. The Labute approximate surface area is 248 Å². The normalized spacial score (nSPS) is 11.2. The van der Waals surface area contributed by atoms with E-state index in [0.717, 1.165) is 5.56 Å². The molecule has 0 fully saturated rings. The predicted octanol–water partition coefficient (Wildman–Crippen LogP) is 4.53. The van der Waals surface area contributed by atoms with Crippen LogP contribution < -0.4 is 16.0 Å². The van der Waals surface area contributed by atoms with Crippen LogP contribution in [-0.4, -0.2) is 81.2 Å². The number of carbonyl (C=O) groups excluding carboxylic acids is 3. The standard InChI is InChI=1S/C26H36Cl2N4O7S/c1-26(2,3)39-25(35)30-9-10-36-11-12-37-13-14-38-16-23(34)29-8-4-5-22(33)31-21-17-40-24(32-21)18-6-7-19(27)20(28)15-18/h6-7,15,17H,4-5,8-14,16H2,1-3H3,(H,29,34)(H,30,35)(H,31,33). The highest BCUT2D eigenvalue weighted by Crippen LogP contribution is 2.31. The molecule has 1 heterocycles. The topological polar surface area (TPSA) is 137 Å². The summed E-state index contributed by atoms with van der Waals surface area (Å²) >= 11 is 13.4. The van der Waals surface area contributed by atoms with Gasteiger partial charge in [-0.3, -0.25) is 9.59 Å². The Balaban J connectivity index is 1.42. The highest BCUT2D eigenvalue weighted by atomic mass is 35.5. The van der Waals surface area contributed by atoms with E-state index in [2.05, 4.69) is 20.9 Å². The summed E-state index contributed by atoms with van der Waals surface area (Å²) in [7, 11) is 0. The molecular weight excluding hydrogens is 583 g/mol. The highest BCUT2D eigenvalue weighted by Gasteiger charge is 2.15. The molecule has 3 amide bonds. The summed E-state index contributed by atoms with van der Waals surface area (Å²) in [6.45, 7) is 7.61. The molecule has 222 valence electrons. The second kappa shape index (κ2) is 18.1. The minimum atomic E-state index is -0.537. The number of halogens is 2. The molecule has 0 aliphatic rings. The van der Waals surface area contributed by atoms with Crippen molar-refractivity contribution in [3.05, 3.63) is 33.6 Å². The maximum atomic E-state index is 12.2. The third kappa shape index (κ3) is 14.8. The Hall–Kier alpha value is -2.48. The maximum Gasteiger partial charge on any atom is 0.407 e. The summed E-state index contributed by atoms with van der Waals surface area (Å²) in [5, 5.41) is 11.4. The van der Waals surface area contributed by atoms with Gasteiger partial charge in [-0.05, 0) is 39.3 Å². The van der Waals surface area contributed by atoms with Crippen LogP contribution >= 0.6 is 34.5 Å². The zero-order chi connectivity index (χ0) is 29.4. The molecule has 0 spiro atoms. The van der Waals surface area contributed by atoms with Gasteiger partial charge in [-0.25, -0.2) is 9.78 Å². The zero-order valence-electron chi connectivity index (χ0n) is 22.8. The molecule has 0 saturated heterocycles. The number of benzene rings is 1. The van der Waals surface area contributed by atoms with Crippen molar-refractivity contribution in [2.45, 2.75) is 39.2 Å². The van der Waals surface area contributed by atoms with Gasteiger partial charge in [0.25, 0.3) is 0 Å². The fraction of sp³-hybridized carbons (Fsp3) is 0.538. The molecule has 0 aliphatic heterocycles. The lowest BCUT2D eigenvalue weighted by atomic mass is 10.2. The van der Waals surface area contributed by atoms with Gasteiger partial charge >= 0.3 is 6.09 Å². The third-order valence-corrected chi connectivity index (χ3v) is 6.36. The number of nitrogens with zero attached hydrogens (tertiary/aromatic N) is 1. The Kier molecular flexibility index (Phi) is 15.2. The molecular formula is C26H36Cl2N4O7S. The van der Waals surface area contributed by atoms with Crippen molar-refractivity contribution in [3.63, 3.8) is 0 Å². The first-order valence-corrected chi connectivity index (χ1v) is 14.3. The van der Waals surface area contributed by atoms with Gasteiger partial charge in [0, 0.05) is 30.5 Å². The van der Waals surface area contributed by atoms with E-state index in [1.807, 2.05) is 6.07 Å². The molecule has 2 aromatic rings. The minimum absolute atomic E-state index is 0.0985. The van der Waals surface area contributed by atoms with E-state index in [-0.39, 0.29) is 31.4 Å². The van der Waals surface area contributed by atoms with Crippen LogP contribution in [0.15, 0.2) is 23.6 Å². The molecule has 0 radical (unpaired) electrons. The fourth-order valence-electron chi connectivity index (χ4n) is 2.97. The molecule has 14 heteroatoms. The lowest BCUT2D eigenvalue weighted by Gasteiger charge is -2.19. The molecule has 0 saturated carbocycles. The number of thiazole rings is 1. The van der Waals surface area contributed by atoms with Crippen LogP contribution in [0.5, 0.6) is 0 Å². The van der Waals surface area contributed by atoms with Gasteiger partial charge in [0.1, 0.15) is 23.0 Å². The van der Waals surface area contributed by atoms with Gasteiger partial charge < -0.3 is 34.9 Å². The van der Waals surface area contributed by atoms with Crippen LogP contribution in [-0.2, 0) is 28.5 Å². The molecule has 0 atom stereocenters. The Bertz CT molecular complexity index is 1100. The first-order chi connectivity index (χ1) is 19.0. The fourth-order valence-corrected chi connectivity index (χ4v) is 4.02. The van der Waals surface area contributed by atoms with Crippen molar-refractivity contribution >= 4 is 58.3 Å². The Morgan fingerprint density at radius 2 is 1.60 bits per heavy atom. The lowest BCUT2D eigenvalue weighted by molar-refractivity contribution is -0.126. The summed E-state index contributed by atoms with van der Waals surface area (Å²) in [6, 6.07) is 5.23. The molecule has 1 aromatic heterocycles. The van der Waals surface area contributed by atoms with Gasteiger partial charge in [0.15, 0.2) is 0 Å². The third-order valence-electron chi connectivity index (χ3n) is 4.73. The zero-order valence-corrected chi connectivity index (χ0v) is 25.2. The van der Waals surface area contributed by atoms with Crippen LogP contribution in [0.1, 0.15) is 33.6 Å². The van der Waals surface area contributed by atoms with Crippen LogP contribution in [0, 0.1) is 0 Å². The quantitative estimate of drug-likeness (QED) is 0.220. The lowest BCUT2D eigenvalue weighted by Crippen LogP contribution is -2.34. The number of alkyl carbamates (subject to hydrolysis) is 1. The van der Waals surface area contributed by atoms with Gasteiger partial charge in [-0.2, -0.15) is 0 Å². The molecule has 1 aromatic carbocycles. The summed E-state index contributed by atoms with van der Waals surface area (Å²) in [4.78, 5) is 39.9. The van der Waals surface area contributed by atoms with E-state index in [9.17, 15) is 14.4 Å². The number of hydrogen-bond acceptors (Lipinski definition) is 9. The van der Waals surface area contributed by atoms with Crippen molar-refractivity contribution in [1.29, 1.82) is 0 Å². The summed E-state index contributed by atoms with van der Waals surface area (Å²) in [5.74, 6) is -0.0126. The van der Waals surface area contributed by atoms with Crippen molar-refractivity contribution in [1.82, 2.24) is 15.6 Å². The summed E-state index contributed by atoms with van der Waals surface area (Å²) < 4.78 is 21.1. The van der Waals surface area contributed by atoms with Crippen LogP contribution in [0.2, 0.25) is 10.0 Å². The number of rotatable bonds is 17. The Morgan fingerprint density at radius 3 is 2.30 bits per heavy atom. The molecule has 40 heavy (non-hydrogen) atoms. The van der Waals surface area contributed by atoms with E-state index >= 15 is 0 Å². The number of anilines is 1.